The first-order chi connectivity index (χ1) is 8.86. The first-order valence-electron chi connectivity index (χ1n) is 6.83. The number of para-hydroxylation sites is 1. The van der Waals surface area contributed by atoms with Crippen LogP contribution in [0.4, 0.5) is 5.82 Å². The highest BCUT2D eigenvalue weighted by atomic mass is 15.0. The number of nitrogens with zero attached hydrogens (tertiary/aromatic N) is 2. The number of aromatic nitrogens is 2. The molecule has 0 aliphatic heterocycles. The zero-order valence-electron chi connectivity index (χ0n) is 10.8. The van der Waals surface area contributed by atoms with Crippen molar-refractivity contribution in [3.8, 4) is 0 Å². The number of hydrogen-bond acceptors (Lipinski definition) is 3. The molecule has 1 fully saturated rings. The molecular formula is C15H19N3. The van der Waals surface area contributed by atoms with Crippen molar-refractivity contribution in [3.63, 3.8) is 0 Å². The molecule has 18 heavy (non-hydrogen) atoms. The zero-order valence-corrected chi connectivity index (χ0v) is 10.8. The molecule has 1 aromatic heterocycles. The quantitative estimate of drug-likeness (QED) is 0.868. The van der Waals surface area contributed by atoms with Gasteiger partial charge in [0.1, 0.15) is 12.1 Å². The summed E-state index contributed by atoms with van der Waals surface area (Å²) in [7, 11) is 0. The lowest BCUT2D eigenvalue weighted by molar-refractivity contribution is 0.585. The Kier molecular flexibility index (Phi) is 3.13. The Morgan fingerprint density at radius 1 is 1.28 bits per heavy atom. The lowest BCUT2D eigenvalue weighted by atomic mass is 10.1. The molecule has 1 aliphatic rings. The molecule has 1 heterocycles. The SMILES string of the molecule is CCC(CC1CC1)Nc1ncnc2ccccc12. The van der Waals surface area contributed by atoms with Crippen LogP contribution in [0.15, 0.2) is 30.6 Å². The van der Waals surface area contributed by atoms with Crippen molar-refractivity contribution in [2.24, 2.45) is 5.92 Å². The van der Waals surface area contributed by atoms with E-state index in [4.69, 9.17) is 0 Å². The number of benzene rings is 1. The maximum absolute atomic E-state index is 4.40. The Balaban J connectivity index is 1.84. The van der Waals surface area contributed by atoms with Crippen molar-refractivity contribution in [3.05, 3.63) is 30.6 Å². The van der Waals surface area contributed by atoms with E-state index in [1.54, 1.807) is 6.33 Å². The minimum atomic E-state index is 0.538. The Morgan fingerprint density at radius 3 is 2.89 bits per heavy atom. The first-order valence-corrected chi connectivity index (χ1v) is 6.83. The Hall–Kier alpha value is -1.64. The van der Waals surface area contributed by atoms with E-state index in [0.29, 0.717) is 6.04 Å². The van der Waals surface area contributed by atoms with Gasteiger partial charge in [-0.25, -0.2) is 9.97 Å². The first kappa shape index (κ1) is 11.5. The largest absolute Gasteiger partial charge is 0.367 e. The van der Waals surface area contributed by atoms with Crippen molar-refractivity contribution in [1.29, 1.82) is 0 Å². The summed E-state index contributed by atoms with van der Waals surface area (Å²) in [4.78, 5) is 8.70. The van der Waals surface area contributed by atoms with E-state index < -0.39 is 0 Å². The highest BCUT2D eigenvalue weighted by Gasteiger charge is 2.25. The van der Waals surface area contributed by atoms with Crippen molar-refractivity contribution in [1.82, 2.24) is 9.97 Å². The van der Waals surface area contributed by atoms with Crippen molar-refractivity contribution in [2.45, 2.75) is 38.6 Å². The van der Waals surface area contributed by atoms with E-state index in [9.17, 15) is 0 Å². The summed E-state index contributed by atoms with van der Waals surface area (Å²) in [6, 6.07) is 8.71. The van der Waals surface area contributed by atoms with Gasteiger partial charge >= 0.3 is 0 Å². The molecule has 1 aromatic carbocycles. The van der Waals surface area contributed by atoms with E-state index >= 15 is 0 Å². The molecule has 0 spiro atoms. The fourth-order valence-electron chi connectivity index (χ4n) is 2.40. The van der Waals surface area contributed by atoms with E-state index in [0.717, 1.165) is 29.1 Å². The molecule has 0 bridgehead atoms. The average Bonchev–Trinajstić information content (AvgIpc) is 3.22. The lowest BCUT2D eigenvalue weighted by Gasteiger charge is -2.18. The van der Waals surface area contributed by atoms with Gasteiger partial charge in [-0.15, -0.1) is 0 Å². The Morgan fingerprint density at radius 2 is 2.11 bits per heavy atom. The fraction of sp³-hybridized carbons (Fsp3) is 0.467. The third kappa shape index (κ3) is 2.45. The normalized spacial score (nSPS) is 16.7. The van der Waals surface area contributed by atoms with Gasteiger partial charge in [-0.3, -0.25) is 0 Å². The standard InChI is InChI=1S/C15H19N3/c1-2-12(9-11-7-8-11)18-15-13-5-3-4-6-14(13)16-10-17-15/h3-6,10-12H,2,7-9H2,1H3,(H,16,17,18). The van der Waals surface area contributed by atoms with E-state index in [1.165, 1.54) is 19.3 Å². The zero-order chi connectivity index (χ0) is 12.4. The minimum absolute atomic E-state index is 0.538. The maximum atomic E-state index is 4.40. The summed E-state index contributed by atoms with van der Waals surface area (Å²) in [5.74, 6) is 1.92. The fourth-order valence-corrected chi connectivity index (χ4v) is 2.40. The number of nitrogens with one attached hydrogen (secondary N) is 1. The van der Waals surface area contributed by atoms with E-state index in [-0.39, 0.29) is 0 Å². The summed E-state index contributed by atoms with van der Waals surface area (Å²) in [5.41, 5.74) is 1.01. The lowest BCUT2D eigenvalue weighted by Crippen LogP contribution is -2.20. The van der Waals surface area contributed by atoms with Gasteiger partial charge in [0.05, 0.1) is 5.52 Å². The van der Waals surface area contributed by atoms with Gasteiger partial charge in [0.15, 0.2) is 0 Å². The molecule has 3 rings (SSSR count). The minimum Gasteiger partial charge on any atom is -0.367 e. The maximum Gasteiger partial charge on any atom is 0.137 e. The summed E-state index contributed by atoms with van der Waals surface area (Å²) < 4.78 is 0. The van der Waals surface area contributed by atoms with Gasteiger partial charge < -0.3 is 5.32 Å². The number of fused-ring (bicyclic) bond motifs is 1. The Bertz CT molecular complexity index is 529. The van der Waals surface area contributed by atoms with Gasteiger partial charge in [0.2, 0.25) is 0 Å². The molecule has 1 atom stereocenters. The van der Waals surface area contributed by atoms with Gasteiger partial charge in [0, 0.05) is 11.4 Å². The monoisotopic (exact) mass is 241 g/mol. The highest BCUT2D eigenvalue weighted by molar-refractivity contribution is 5.88. The molecule has 1 N–H and O–H groups in total. The number of anilines is 1. The van der Waals surface area contributed by atoms with Crippen LogP contribution < -0.4 is 5.32 Å². The van der Waals surface area contributed by atoms with E-state index in [1.807, 2.05) is 18.2 Å². The van der Waals surface area contributed by atoms with Crippen molar-refractivity contribution in [2.75, 3.05) is 5.32 Å². The second kappa shape index (κ2) is 4.92. The van der Waals surface area contributed by atoms with Crippen LogP contribution in [-0.2, 0) is 0 Å². The topological polar surface area (TPSA) is 37.8 Å². The van der Waals surface area contributed by atoms with Crippen LogP contribution >= 0.6 is 0 Å². The van der Waals surface area contributed by atoms with E-state index in [2.05, 4.69) is 28.3 Å². The molecule has 1 saturated carbocycles. The smallest absolute Gasteiger partial charge is 0.137 e. The Labute approximate surface area is 108 Å². The molecule has 2 aromatic rings. The molecule has 94 valence electrons. The van der Waals surface area contributed by atoms with Crippen LogP contribution in [0.2, 0.25) is 0 Å². The summed E-state index contributed by atoms with van der Waals surface area (Å²) >= 11 is 0. The molecule has 1 unspecified atom stereocenters. The molecule has 0 saturated heterocycles. The number of hydrogen-bond donors (Lipinski definition) is 1. The third-order valence-corrected chi connectivity index (χ3v) is 3.69. The molecule has 3 nitrogen and oxygen atoms in total. The predicted octanol–water partition coefficient (Wildman–Crippen LogP) is 3.62. The van der Waals surface area contributed by atoms with Crippen LogP contribution in [0, 0.1) is 5.92 Å². The number of rotatable bonds is 5. The molecule has 3 heteroatoms. The van der Waals surface area contributed by atoms with Crippen molar-refractivity contribution >= 4 is 16.7 Å². The third-order valence-electron chi connectivity index (χ3n) is 3.69. The summed E-state index contributed by atoms with van der Waals surface area (Å²) in [5, 5.41) is 4.71. The second-order valence-electron chi connectivity index (χ2n) is 5.17. The summed E-state index contributed by atoms with van der Waals surface area (Å²) in [6.45, 7) is 2.24. The van der Waals surface area contributed by atoms with Gasteiger partial charge in [0.25, 0.3) is 0 Å². The van der Waals surface area contributed by atoms with Crippen LogP contribution in [0.25, 0.3) is 10.9 Å². The summed E-state index contributed by atoms with van der Waals surface area (Å²) in [6.07, 6.45) is 6.88. The molecule has 0 radical (unpaired) electrons. The van der Waals surface area contributed by atoms with Gasteiger partial charge in [-0.05, 0) is 30.9 Å². The van der Waals surface area contributed by atoms with Gasteiger partial charge in [-0.2, -0.15) is 0 Å². The predicted molar refractivity (Wildman–Crippen MR) is 74.6 cm³/mol. The highest BCUT2D eigenvalue weighted by Crippen LogP contribution is 2.35. The molecule has 0 amide bonds. The van der Waals surface area contributed by atoms with Crippen LogP contribution in [0.1, 0.15) is 32.6 Å². The van der Waals surface area contributed by atoms with Crippen LogP contribution in [0.3, 0.4) is 0 Å². The second-order valence-corrected chi connectivity index (χ2v) is 5.17. The molecule has 1 aliphatic carbocycles. The average molecular weight is 241 g/mol. The van der Waals surface area contributed by atoms with Crippen LogP contribution in [0.5, 0.6) is 0 Å². The van der Waals surface area contributed by atoms with Gasteiger partial charge in [-0.1, -0.05) is 31.9 Å². The molecular weight excluding hydrogens is 222 g/mol. The van der Waals surface area contributed by atoms with Crippen molar-refractivity contribution < 1.29 is 0 Å². The van der Waals surface area contributed by atoms with Crippen LogP contribution in [-0.4, -0.2) is 16.0 Å².